The fraction of sp³-hybridized carbons (Fsp3) is 0.690. The quantitative estimate of drug-likeness (QED) is 0.521. The van der Waals surface area contributed by atoms with Crippen molar-refractivity contribution >= 4 is 17.8 Å². The van der Waals surface area contributed by atoms with Crippen molar-refractivity contribution in [1.82, 2.24) is 20.4 Å². The van der Waals surface area contributed by atoms with Gasteiger partial charge in [-0.1, -0.05) is 58.4 Å². The molecule has 1 aromatic rings. The van der Waals surface area contributed by atoms with Crippen LogP contribution in [0.25, 0.3) is 0 Å². The molecule has 2 aliphatic heterocycles. The molecule has 1 aliphatic carbocycles. The van der Waals surface area contributed by atoms with Crippen LogP contribution in [0.3, 0.4) is 0 Å². The summed E-state index contributed by atoms with van der Waals surface area (Å²) in [6, 6.07) is 7.89. The Labute approximate surface area is 216 Å². The van der Waals surface area contributed by atoms with Crippen LogP contribution in [-0.4, -0.2) is 52.8 Å². The van der Waals surface area contributed by atoms with Gasteiger partial charge in [-0.15, -0.1) is 0 Å². The first-order valence-corrected chi connectivity index (χ1v) is 13.8. The van der Waals surface area contributed by atoms with E-state index in [0.29, 0.717) is 25.3 Å². The molecule has 0 aromatic heterocycles. The third kappa shape index (κ3) is 5.93. The van der Waals surface area contributed by atoms with Gasteiger partial charge in [0.15, 0.2) is 0 Å². The van der Waals surface area contributed by atoms with Crippen LogP contribution in [0.5, 0.6) is 0 Å². The molecule has 198 valence electrons. The van der Waals surface area contributed by atoms with Crippen LogP contribution in [0.4, 0.5) is 4.79 Å². The number of rotatable bonds is 8. The van der Waals surface area contributed by atoms with Gasteiger partial charge < -0.3 is 10.6 Å². The molecule has 1 spiro atoms. The van der Waals surface area contributed by atoms with E-state index in [-0.39, 0.29) is 23.8 Å². The van der Waals surface area contributed by atoms with Crippen molar-refractivity contribution in [2.45, 2.75) is 91.3 Å². The molecule has 4 amide bonds. The van der Waals surface area contributed by atoms with E-state index < -0.39 is 11.6 Å². The number of hydrogen-bond donors (Lipinski definition) is 2. The molecule has 1 saturated carbocycles. The van der Waals surface area contributed by atoms with E-state index in [0.717, 1.165) is 55.3 Å². The van der Waals surface area contributed by atoms with Crippen LogP contribution in [0.2, 0.25) is 0 Å². The number of likely N-dealkylation sites (tertiary alicyclic amines) is 1. The molecule has 0 radical (unpaired) electrons. The first-order chi connectivity index (χ1) is 17.1. The Morgan fingerprint density at radius 1 is 1.11 bits per heavy atom. The molecule has 7 heteroatoms. The Kier molecular flexibility index (Phi) is 8.08. The summed E-state index contributed by atoms with van der Waals surface area (Å²) in [6.45, 7) is 12.5. The molecule has 3 aliphatic rings. The monoisotopic (exact) mass is 496 g/mol. The third-order valence-corrected chi connectivity index (χ3v) is 9.06. The number of benzene rings is 1. The van der Waals surface area contributed by atoms with Gasteiger partial charge in [0, 0.05) is 19.6 Å². The first-order valence-electron chi connectivity index (χ1n) is 13.8. The fourth-order valence-electron chi connectivity index (χ4n) is 6.19. The van der Waals surface area contributed by atoms with Crippen molar-refractivity contribution in [3.05, 3.63) is 35.4 Å². The van der Waals surface area contributed by atoms with Gasteiger partial charge in [0.1, 0.15) is 12.1 Å². The number of urea groups is 1. The number of nitrogens with one attached hydrogen (secondary N) is 2. The lowest BCUT2D eigenvalue weighted by Gasteiger charge is -2.42. The van der Waals surface area contributed by atoms with E-state index in [4.69, 9.17) is 0 Å². The van der Waals surface area contributed by atoms with Gasteiger partial charge in [0.2, 0.25) is 5.91 Å². The normalized spacial score (nSPS) is 27.4. The molecule has 3 fully saturated rings. The first kappa shape index (κ1) is 26.6. The molecule has 2 heterocycles. The van der Waals surface area contributed by atoms with Crippen molar-refractivity contribution < 1.29 is 14.4 Å². The van der Waals surface area contributed by atoms with Gasteiger partial charge in [0.25, 0.3) is 5.91 Å². The van der Waals surface area contributed by atoms with Gasteiger partial charge in [-0.25, -0.2) is 4.79 Å². The lowest BCUT2D eigenvalue weighted by Crippen LogP contribution is -2.51. The summed E-state index contributed by atoms with van der Waals surface area (Å²) in [5.74, 6) is 0.746. The largest absolute Gasteiger partial charge is 0.350 e. The maximum absolute atomic E-state index is 13.2. The second-order valence-electron chi connectivity index (χ2n) is 12.1. The van der Waals surface area contributed by atoms with Gasteiger partial charge in [0.05, 0.1) is 0 Å². The minimum absolute atomic E-state index is 0.233. The number of carbonyl (C=O) groups excluding carboxylic acids is 3. The van der Waals surface area contributed by atoms with E-state index in [1.54, 1.807) is 0 Å². The zero-order valence-corrected chi connectivity index (χ0v) is 22.6. The highest BCUT2D eigenvalue weighted by atomic mass is 16.2. The minimum atomic E-state index is -0.834. The highest BCUT2D eigenvalue weighted by Gasteiger charge is 2.53. The lowest BCUT2D eigenvalue weighted by atomic mass is 9.65. The average molecular weight is 497 g/mol. The summed E-state index contributed by atoms with van der Waals surface area (Å²) in [4.78, 5) is 42.1. The van der Waals surface area contributed by atoms with Crippen molar-refractivity contribution in [3.8, 4) is 0 Å². The van der Waals surface area contributed by atoms with E-state index in [1.807, 2.05) is 12.1 Å². The third-order valence-electron chi connectivity index (χ3n) is 9.06. The molecule has 1 unspecified atom stereocenters. The SMILES string of the molecule is CCC(C)(C)C1CCC2(CC1)NC(=O)N(CC(=O)NCc1ccc(CN3CCCC(C)C3)cc1)C2=O. The van der Waals surface area contributed by atoms with E-state index in [1.165, 1.54) is 18.4 Å². The number of carbonyl (C=O) groups is 3. The van der Waals surface area contributed by atoms with E-state index in [2.05, 4.69) is 55.4 Å². The zero-order valence-electron chi connectivity index (χ0n) is 22.6. The standard InChI is InChI=1S/C29H44N4O3/c1-5-28(3,4)24-12-14-29(15-13-24)26(35)33(27(36)31-29)20-25(34)30-17-22-8-10-23(11-9-22)19-32-16-6-7-21(2)18-32/h8-11,21,24H,5-7,12-20H2,1-4H3,(H,30,34)(H,31,36). The van der Waals surface area contributed by atoms with Crippen molar-refractivity contribution in [2.75, 3.05) is 19.6 Å². The lowest BCUT2D eigenvalue weighted by molar-refractivity contribution is -0.136. The Balaban J connectivity index is 1.25. The predicted molar refractivity (Wildman–Crippen MR) is 141 cm³/mol. The van der Waals surface area contributed by atoms with Gasteiger partial charge >= 0.3 is 6.03 Å². The van der Waals surface area contributed by atoms with Crippen LogP contribution < -0.4 is 10.6 Å². The molecule has 36 heavy (non-hydrogen) atoms. The highest BCUT2D eigenvalue weighted by molar-refractivity contribution is 6.09. The Morgan fingerprint density at radius 2 is 1.78 bits per heavy atom. The molecule has 2 N–H and O–H groups in total. The van der Waals surface area contributed by atoms with Crippen LogP contribution in [0.15, 0.2) is 24.3 Å². The number of imide groups is 1. The second-order valence-corrected chi connectivity index (χ2v) is 12.1. The van der Waals surface area contributed by atoms with E-state index >= 15 is 0 Å². The Morgan fingerprint density at radius 3 is 2.42 bits per heavy atom. The molecular formula is C29H44N4O3. The summed E-state index contributed by atoms with van der Waals surface area (Å²) >= 11 is 0. The molecule has 0 bridgehead atoms. The highest BCUT2D eigenvalue weighted by Crippen LogP contribution is 2.45. The maximum atomic E-state index is 13.2. The molecule has 1 aromatic carbocycles. The molecule has 1 atom stereocenters. The molecule has 4 rings (SSSR count). The summed E-state index contributed by atoms with van der Waals surface area (Å²) in [6.07, 6.45) is 6.80. The van der Waals surface area contributed by atoms with Crippen LogP contribution in [0.1, 0.15) is 83.8 Å². The summed E-state index contributed by atoms with van der Waals surface area (Å²) in [7, 11) is 0. The van der Waals surface area contributed by atoms with Crippen LogP contribution >= 0.6 is 0 Å². The van der Waals surface area contributed by atoms with Gasteiger partial charge in [-0.05, 0) is 73.4 Å². The molecule has 7 nitrogen and oxygen atoms in total. The summed E-state index contributed by atoms with van der Waals surface area (Å²) in [5.41, 5.74) is 1.68. The number of amides is 4. The van der Waals surface area contributed by atoms with Gasteiger partial charge in [-0.3, -0.25) is 19.4 Å². The molecular weight excluding hydrogens is 452 g/mol. The predicted octanol–water partition coefficient (Wildman–Crippen LogP) is 4.45. The summed E-state index contributed by atoms with van der Waals surface area (Å²) < 4.78 is 0. The van der Waals surface area contributed by atoms with Crippen LogP contribution in [-0.2, 0) is 22.7 Å². The maximum Gasteiger partial charge on any atom is 0.325 e. The molecule has 2 saturated heterocycles. The van der Waals surface area contributed by atoms with Crippen molar-refractivity contribution in [1.29, 1.82) is 0 Å². The zero-order chi connectivity index (χ0) is 25.9. The minimum Gasteiger partial charge on any atom is -0.350 e. The van der Waals surface area contributed by atoms with Gasteiger partial charge in [-0.2, -0.15) is 0 Å². The topological polar surface area (TPSA) is 81.8 Å². The number of hydrogen-bond acceptors (Lipinski definition) is 4. The number of nitrogens with zero attached hydrogens (tertiary/aromatic N) is 2. The second kappa shape index (κ2) is 10.9. The Bertz CT molecular complexity index is 950. The van der Waals surface area contributed by atoms with Crippen molar-refractivity contribution in [2.24, 2.45) is 17.3 Å². The van der Waals surface area contributed by atoms with Crippen molar-refractivity contribution in [3.63, 3.8) is 0 Å². The fourth-order valence-corrected chi connectivity index (χ4v) is 6.19. The summed E-state index contributed by atoms with van der Waals surface area (Å²) in [5, 5.41) is 5.81. The Hall–Kier alpha value is -2.41. The van der Waals surface area contributed by atoms with Crippen LogP contribution in [0, 0.1) is 17.3 Å². The average Bonchev–Trinajstić information content (AvgIpc) is 3.07. The van der Waals surface area contributed by atoms with E-state index in [9.17, 15) is 14.4 Å². The smallest absolute Gasteiger partial charge is 0.325 e. The number of piperidine rings is 1.